The van der Waals surface area contributed by atoms with Crippen LogP contribution in [0.2, 0.25) is 0 Å². The molecule has 0 aromatic rings. The first kappa shape index (κ1) is 6.42. The van der Waals surface area contributed by atoms with E-state index in [2.05, 4.69) is 9.89 Å². The van der Waals surface area contributed by atoms with Crippen molar-refractivity contribution < 1.29 is 4.79 Å². The van der Waals surface area contributed by atoms with Crippen LogP contribution >= 0.6 is 0 Å². The third kappa shape index (κ3) is 1.61. The summed E-state index contributed by atoms with van der Waals surface area (Å²) >= 11 is 0. The van der Waals surface area contributed by atoms with E-state index in [-0.39, 0.29) is 0 Å². The van der Waals surface area contributed by atoms with Crippen LogP contribution in [0.15, 0.2) is 4.99 Å². The van der Waals surface area contributed by atoms with Gasteiger partial charge in [0, 0.05) is 13.1 Å². The zero-order valence-electron chi connectivity index (χ0n) is 5.50. The summed E-state index contributed by atoms with van der Waals surface area (Å²) in [5.74, 6) is 0. The maximum Gasteiger partial charge on any atom is 0.165 e. The van der Waals surface area contributed by atoms with Crippen molar-refractivity contribution in [3.8, 4) is 0 Å². The Labute approximate surface area is 54.4 Å². The zero-order valence-corrected chi connectivity index (χ0v) is 5.50. The second kappa shape index (κ2) is 2.73. The molecule has 3 heteroatoms. The van der Waals surface area contributed by atoms with Gasteiger partial charge in [0.05, 0.1) is 12.3 Å². The van der Waals surface area contributed by atoms with Gasteiger partial charge in [0.2, 0.25) is 0 Å². The predicted octanol–water partition coefficient (Wildman–Crippen LogP) is -0.428. The lowest BCUT2D eigenvalue weighted by atomic mass is 10.3. The first-order valence-corrected chi connectivity index (χ1v) is 3.00. The van der Waals surface area contributed by atoms with E-state index in [0.717, 1.165) is 19.4 Å². The summed E-state index contributed by atoms with van der Waals surface area (Å²) in [5.41, 5.74) is 0.670. The van der Waals surface area contributed by atoms with E-state index in [1.807, 2.05) is 7.05 Å². The maximum absolute atomic E-state index is 10.1. The molecule has 0 fully saturated rings. The molecule has 0 aliphatic carbocycles. The molecule has 0 aromatic heterocycles. The molecule has 0 spiro atoms. The number of carbonyl (C=O) groups is 1. The van der Waals surface area contributed by atoms with Crippen LogP contribution in [-0.2, 0) is 4.79 Å². The van der Waals surface area contributed by atoms with Crippen LogP contribution < -0.4 is 0 Å². The SMILES string of the molecule is CN1CCN=C(C=O)C1. The number of nitrogens with zero attached hydrogens (tertiary/aromatic N) is 2. The van der Waals surface area contributed by atoms with Crippen molar-refractivity contribution in [2.75, 3.05) is 26.7 Å². The highest BCUT2D eigenvalue weighted by Crippen LogP contribution is 1.91. The summed E-state index contributed by atoms with van der Waals surface area (Å²) in [7, 11) is 1.98. The van der Waals surface area contributed by atoms with E-state index in [4.69, 9.17) is 0 Å². The fraction of sp³-hybridized carbons (Fsp3) is 0.667. The highest BCUT2D eigenvalue weighted by Gasteiger charge is 2.07. The summed E-state index contributed by atoms with van der Waals surface area (Å²) in [5, 5.41) is 0. The number of aldehydes is 1. The Morgan fingerprint density at radius 3 is 3.00 bits per heavy atom. The molecule has 3 nitrogen and oxygen atoms in total. The van der Waals surface area contributed by atoms with E-state index >= 15 is 0 Å². The first-order valence-electron chi connectivity index (χ1n) is 3.00. The van der Waals surface area contributed by atoms with Crippen molar-refractivity contribution >= 4 is 12.0 Å². The lowest BCUT2D eigenvalue weighted by Gasteiger charge is -2.18. The quantitative estimate of drug-likeness (QED) is 0.447. The van der Waals surface area contributed by atoms with Crippen LogP contribution in [0.25, 0.3) is 0 Å². The van der Waals surface area contributed by atoms with Crippen LogP contribution in [0, 0.1) is 0 Å². The molecule has 0 saturated carbocycles. The fourth-order valence-corrected chi connectivity index (χ4v) is 0.844. The largest absolute Gasteiger partial charge is 0.299 e. The highest BCUT2D eigenvalue weighted by molar-refractivity contribution is 6.29. The lowest BCUT2D eigenvalue weighted by molar-refractivity contribution is -0.102. The minimum atomic E-state index is 0.670. The van der Waals surface area contributed by atoms with Crippen LogP contribution in [0.4, 0.5) is 0 Å². The van der Waals surface area contributed by atoms with Gasteiger partial charge in [-0.25, -0.2) is 0 Å². The summed E-state index contributed by atoms with van der Waals surface area (Å²) in [6, 6.07) is 0. The molecule has 1 aliphatic heterocycles. The zero-order chi connectivity index (χ0) is 6.69. The van der Waals surface area contributed by atoms with Gasteiger partial charge in [-0.15, -0.1) is 0 Å². The van der Waals surface area contributed by atoms with Gasteiger partial charge in [-0.05, 0) is 7.05 Å². The molecule has 0 bridgehead atoms. The molecule has 1 aliphatic rings. The third-order valence-corrected chi connectivity index (χ3v) is 1.36. The number of aliphatic imine (C=N–C) groups is 1. The predicted molar refractivity (Wildman–Crippen MR) is 35.9 cm³/mol. The van der Waals surface area contributed by atoms with Crippen molar-refractivity contribution in [3.63, 3.8) is 0 Å². The minimum absolute atomic E-state index is 0.670. The van der Waals surface area contributed by atoms with Crippen molar-refractivity contribution in [2.24, 2.45) is 4.99 Å². The second-order valence-electron chi connectivity index (χ2n) is 2.23. The van der Waals surface area contributed by atoms with E-state index in [9.17, 15) is 4.79 Å². The van der Waals surface area contributed by atoms with E-state index in [1.54, 1.807) is 0 Å². The molecule has 0 aromatic carbocycles. The Morgan fingerprint density at radius 2 is 2.56 bits per heavy atom. The molecule has 0 unspecified atom stereocenters. The van der Waals surface area contributed by atoms with Gasteiger partial charge in [-0.1, -0.05) is 0 Å². The van der Waals surface area contributed by atoms with Gasteiger partial charge in [0.1, 0.15) is 0 Å². The Balaban J connectivity index is 2.53. The molecule has 0 saturated heterocycles. The molecule has 0 radical (unpaired) electrons. The van der Waals surface area contributed by atoms with Gasteiger partial charge in [-0.3, -0.25) is 14.7 Å². The van der Waals surface area contributed by atoms with E-state index in [1.165, 1.54) is 0 Å². The smallest absolute Gasteiger partial charge is 0.165 e. The Bertz CT molecular complexity index is 142. The average Bonchev–Trinajstić information content (AvgIpc) is 1.88. The minimum Gasteiger partial charge on any atom is -0.299 e. The second-order valence-corrected chi connectivity index (χ2v) is 2.23. The number of rotatable bonds is 1. The summed E-state index contributed by atoms with van der Waals surface area (Å²) in [4.78, 5) is 16.2. The monoisotopic (exact) mass is 126 g/mol. The molecule has 0 amide bonds. The Morgan fingerprint density at radius 1 is 1.78 bits per heavy atom. The highest BCUT2D eigenvalue weighted by atomic mass is 16.1. The molecule has 50 valence electrons. The number of likely N-dealkylation sites (N-methyl/N-ethyl adjacent to an activating group) is 1. The Kier molecular flexibility index (Phi) is 1.95. The van der Waals surface area contributed by atoms with Gasteiger partial charge in [-0.2, -0.15) is 0 Å². The molecule has 9 heavy (non-hydrogen) atoms. The van der Waals surface area contributed by atoms with Crippen LogP contribution in [-0.4, -0.2) is 43.6 Å². The number of hydrogen-bond donors (Lipinski definition) is 0. The van der Waals surface area contributed by atoms with Gasteiger partial charge < -0.3 is 0 Å². The normalized spacial score (nSPS) is 21.2. The molecule has 0 atom stereocenters. The van der Waals surface area contributed by atoms with E-state index < -0.39 is 0 Å². The molecular formula is C6H10N2O. The van der Waals surface area contributed by atoms with Crippen LogP contribution in [0.3, 0.4) is 0 Å². The standard InChI is InChI=1S/C6H10N2O/c1-8-3-2-7-6(4-8)5-9/h5H,2-4H2,1H3. The van der Waals surface area contributed by atoms with Gasteiger partial charge in [0.25, 0.3) is 0 Å². The summed E-state index contributed by atoms with van der Waals surface area (Å²) in [6.45, 7) is 2.45. The summed E-state index contributed by atoms with van der Waals surface area (Å²) < 4.78 is 0. The van der Waals surface area contributed by atoms with Crippen molar-refractivity contribution in [1.82, 2.24) is 4.90 Å². The molecule has 1 rings (SSSR count). The van der Waals surface area contributed by atoms with Crippen LogP contribution in [0.1, 0.15) is 0 Å². The van der Waals surface area contributed by atoms with Gasteiger partial charge in [0.15, 0.2) is 6.29 Å². The third-order valence-electron chi connectivity index (χ3n) is 1.36. The summed E-state index contributed by atoms with van der Waals surface area (Å²) in [6.07, 6.45) is 0.829. The fourth-order valence-electron chi connectivity index (χ4n) is 0.844. The molecule has 1 heterocycles. The van der Waals surface area contributed by atoms with Gasteiger partial charge >= 0.3 is 0 Å². The van der Waals surface area contributed by atoms with Crippen LogP contribution in [0.5, 0.6) is 0 Å². The first-order chi connectivity index (χ1) is 4.33. The molecule has 0 N–H and O–H groups in total. The Hall–Kier alpha value is -0.700. The number of hydrogen-bond acceptors (Lipinski definition) is 3. The maximum atomic E-state index is 10.1. The molecular weight excluding hydrogens is 116 g/mol. The van der Waals surface area contributed by atoms with E-state index in [0.29, 0.717) is 12.3 Å². The number of carbonyl (C=O) groups excluding carboxylic acids is 1. The van der Waals surface area contributed by atoms with Crippen molar-refractivity contribution in [1.29, 1.82) is 0 Å². The lowest BCUT2D eigenvalue weighted by Crippen LogP contribution is -2.33. The van der Waals surface area contributed by atoms with Crippen molar-refractivity contribution in [2.45, 2.75) is 0 Å². The van der Waals surface area contributed by atoms with Crippen molar-refractivity contribution in [3.05, 3.63) is 0 Å². The average molecular weight is 126 g/mol. The topological polar surface area (TPSA) is 32.7 Å².